The monoisotopic (exact) mass is 445 g/mol. The van der Waals surface area contributed by atoms with Gasteiger partial charge >= 0.3 is 0 Å². The van der Waals surface area contributed by atoms with E-state index in [9.17, 15) is 9.90 Å². The second-order valence-electron chi connectivity index (χ2n) is 7.02. The van der Waals surface area contributed by atoms with Gasteiger partial charge in [0, 0.05) is 23.6 Å². The number of halogens is 2. The molecule has 0 saturated heterocycles. The molecule has 0 radical (unpaired) electrons. The van der Waals surface area contributed by atoms with Gasteiger partial charge in [0.25, 0.3) is 5.91 Å². The fourth-order valence-electron chi connectivity index (χ4n) is 3.01. The van der Waals surface area contributed by atoms with Crippen molar-refractivity contribution in [2.75, 3.05) is 26.0 Å². The summed E-state index contributed by atoms with van der Waals surface area (Å²) in [7, 11) is 4.04. The second-order valence-corrected chi connectivity index (χ2v) is 7.02. The van der Waals surface area contributed by atoms with E-state index in [1.54, 1.807) is 30.6 Å². The number of phenolic OH excluding ortho intramolecular Hbond substituents is 1. The van der Waals surface area contributed by atoms with Gasteiger partial charge in [-0.15, -0.1) is 0 Å². The summed E-state index contributed by atoms with van der Waals surface area (Å²) in [6, 6.07) is 16.6. The van der Waals surface area contributed by atoms with E-state index in [0.717, 1.165) is 41.8 Å². The van der Waals surface area contributed by atoms with Gasteiger partial charge in [0.05, 0.1) is 0 Å². The maximum absolute atomic E-state index is 12.6. The molecule has 30 heavy (non-hydrogen) atoms. The summed E-state index contributed by atoms with van der Waals surface area (Å²) in [6.45, 7) is 0.930. The highest BCUT2D eigenvalue weighted by Gasteiger charge is 2.10. The van der Waals surface area contributed by atoms with Crippen molar-refractivity contribution < 1.29 is 34.7 Å². The minimum Gasteiger partial charge on any atom is -1.00 e. The predicted molar refractivity (Wildman–Crippen MR) is 113 cm³/mol. The zero-order chi connectivity index (χ0) is 19.9. The summed E-state index contributed by atoms with van der Waals surface area (Å²) in [5, 5.41) is 13.0. The van der Waals surface area contributed by atoms with Gasteiger partial charge in [0.2, 0.25) is 0 Å². The van der Waals surface area contributed by atoms with Crippen LogP contribution < -0.4 is 30.1 Å². The van der Waals surface area contributed by atoms with Gasteiger partial charge in [-0.1, -0.05) is 12.1 Å². The quantitative estimate of drug-likeness (QED) is 0.450. The lowest BCUT2D eigenvalue weighted by Crippen LogP contribution is -3.00. The number of pyridine rings is 1. The highest BCUT2D eigenvalue weighted by atomic mass is 35.5. The molecule has 0 aliphatic heterocycles. The number of hydrogen-bond acceptors (Lipinski definition) is 4. The maximum atomic E-state index is 12.6. The lowest BCUT2D eigenvalue weighted by molar-refractivity contribution is -0.001000. The fourth-order valence-corrected chi connectivity index (χ4v) is 3.01. The molecule has 160 valence electrons. The number of aromatic hydroxyl groups is 1. The Morgan fingerprint density at radius 1 is 0.967 bits per heavy atom. The van der Waals surface area contributed by atoms with E-state index in [-0.39, 0.29) is 36.5 Å². The summed E-state index contributed by atoms with van der Waals surface area (Å²) in [5.74, 6) is 0.0440. The Bertz CT molecular complexity index is 933. The van der Waals surface area contributed by atoms with Crippen LogP contribution in [-0.2, 0) is 6.42 Å². The molecule has 0 aliphatic rings. The zero-order valence-electron chi connectivity index (χ0n) is 17.0. The standard InChI is InChI=1S/C23H25N3O2.2ClH/c1-26(2)15-3-4-19-16-20(7-10-22(19)27)23(28)25-21-8-5-17(6-9-21)18-11-13-24-14-12-18;;/h5-14,16,27H,3-4,15H2,1-2H3,(H,25,28);2*1H/p-2. The third-order valence-corrected chi connectivity index (χ3v) is 4.55. The number of aryl methyl sites for hydroxylation is 1. The van der Waals surface area contributed by atoms with Crippen LogP contribution in [-0.4, -0.2) is 41.5 Å². The van der Waals surface area contributed by atoms with E-state index >= 15 is 0 Å². The number of amides is 1. The number of carbonyl (C=O) groups excluding carboxylic acids is 1. The van der Waals surface area contributed by atoms with Crippen LogP contribution in [0.3, 0.4) is 0 Å². The number of nitrogens with zero attached hydrogens (tertiary/aromatic N) is 2. The number of phenols is 1. The molecule has 1 aromatic heterocycles. The number of hydrogen-bond donors (Lipinski definition) is 2. The van der Waals surface area contributed by atoms with E-state index in [1.165, 1.54) is 0 Å². The van der Waals surface area contributed by atoms with Crippen molar-refractivity contribution in [1.82, 2.24) is 9.88 Å². The van der Waals surface area contributed by atoms with Gasteiger partial charge in [0.15, 0.2) is 0 Å². The van der Waals surface area contributed by atoms with E-state index < -0.39 is 0 Å². The molecule has 0 saturated carbocycles. The fraction of sp³-hybridized carbons (Fsp3) is 0.217. The molecule has 5 nitrogen and oxygen atoms in total. The molecule has 3 aromatic rings. The molecule has 0 unspecified atom stereocenters. The van der Waals surface area contributed by atoms with Crippen molar-refractivity contribution >= 4 is 11.6 Å². The molecular formula is C23H25Cl2N3O2-2. The molecule has 1 heterocycles. The van der Waals surface area contributed by atoms with Crippen molar-refractivity contribution in [3.63, 3.8) is 0 Å². The Morgan fingerprint density at radius 2 is 1.60 bits per heavy atom. The van der Waals surface area contributed by atoms with Crippen LogP contribution in [0.2, 0.25) is 0 Å². The third-order valence-electron chi connectivity index (χ3n) is 4.55. The Balaban J connectivity index is 0.00000225. The molecule has 0 bridgehead atoms. The van der Waals surface area contributed by atoms with Crippen LogP contribution >= 0.6 is 0 Å². The smallest absolute Gasteiger partial charge is 0.255 e. The van der Waals surface area contributed by atoms with E-state index in [2.05, 4.69) is 15.2 Å². The van der Waals surface area contributed by atoms with Crippen LogP contribution in [0.25, 0.3) is 11.1 Å². The number of benzene rings is 2. The summed E-state index contributed by atoms with van der Waals surface area (Å²) < 4.78 is 0. The average Bonchev–Trinajstić information content (AvgIpc) is 2.70. The maximum Gasteiger partial charge on any atom is 0.255 e. The first-order valence-electron chi connectivity index (χ1n) is 9.31. The molecule has 3 rings (SSSR count). The molecule has 0 atom stereocenters. The molecular weight excluding hydrogens is 421 g/mol. The Kier molecular flexibility index (Phi) is 10.3. The Morgan fingerprint density at radius 3 is 2.23 bits per heavy atom. The SMILES string of the molecule is CN(C)CCCc1cc(C(=O)Nc2ccc(-c3ccncc3)cc2)ccc1O.[Cl-].[Cl-]. The highest BCUT2D eigenvalue weighted by Crippen LogP contribution is 2.23. The van der Waals surface area contributed by atoms with Crippen LogP contribution in [0.15, 0.2) is 67.0 Å². The van der Waals surface area contributed by atoms with Crippen LogP contribution in [0.4, 0.5) is 5.69 Å². The average molecular weight is 446 g/mol. The van der Waals surface area contributed by atoms with Crippen LogP contribution in [0.5, 0.6) is 5.75 Å². The number of carbonyl (C=O) groups is 1. The van der Waals surface area contributed by atoms with Crippen LogP contribution in [0, 0.1) is 0 Å². The largest absolute Gasteiger partial charge is 1.00 e. The zero-order valence-corrected chi connectivity index (χ0v) is 18.5. The molecule has 0 spiro atoms. The predicted octanol–water partition coefficient (Wildman–Crippen LogP) is -1.79. The van der Waals surface area contributed by atoms with Crippen LogP contribution in [0.1, 0.15) is 22.3 Å². The van der Waals surface area contributed by atoms with Gasteiger partial charge in [-0.05, 0) is 92.6 Å². The highest BCUT2D eigenvalue weighted by molar-refractivity contribution is 6.04. The summed E-state index contributed by atoms with van der Waals surface area (Å²) in [5.41, 5.74) is 4.20. The molecule has 2 aromatic carbocycles. The van der Waals surface area contributed by atoms with Gasteiger partial charge in [-0.3, -0.25) is 9.78 Å². The van der Waals surface area contributed by atoms with Crippen molar-refractivity contribution in [2.45, 2.75) is 12.8 Å². The lowest BCUT2D eigenvalue weighted by Gasteiger charge is -2.11. The van der Waals surface area contributed by atoms with E-state index in [1.807, 2.05) is 50.5 Å². The van der Waals surface area contributed by atoms with Crippen molar-refractivity contribution in [3.8, 4) is 16.9 Å². The molecule has 0 aliphatic carbocycles. The van der Waals surface area contributed by atoms with E-state index in [4.69, 9.17) is 0 Å². The van der Waals surface area contributed by atoms with Crippen molar-refractivity contribution in [1.29, 1.82) is 0 Å². The molecule has 2 N–H and O–H groups in total. The number of anilines is 1. The second kappa shape index (κ2) is 12.2. The van der Waals surface area contributed by atoms with Crippen molar-refractivity contribution in [3.05, 3.63) is 78.1 Å². The number of nitrogens with one attached hydrogen (secondary N) is 1. The minimum absolute atomic E-state index is 0. The van der Waals surface area contributed by atoms with Gasteiger partial charge in [0.1, 0.15) is 5.75 Å². The normalized spacial score (nSPS) is 10.1. The summed E-state index contributed by atoms with van der Waals surface area (Å²) in [4.78, 5) is 18.7. The number of rotatable bonds is 7. The van der Waals surface area contributed by atoms with Gasteiger partial charge in [-0.2, -0.15) is 0 Å². The lowest BCUT2D eigenvalue weighted by atomic mass is 10.0. The minimum atomic E-state index is -0.189. The molecule has 7 heteroatoms. The Labute approximate surface area is 190 Å². The van der Waals surface area contributed by atoms with Gasteiger partial charge < -0.3 is 40.1 Å². The first kappa shape index (κ1) is 25.4. The first-order valence-corrected chi connectivity index (χ1v) is 9.31. The number of aromatic nitrogens is 1. The summed E-state index contributed by atoms with van der Waals surface area (Å²) >= 11 is 0. The van der Waals surface area contributed by atoms with Gasteiger partial charge in [-0.25, -0.2) is 0 Å². The molecule has 1 amide bonds. The molecule has 0 fully saturated rings. The topological polar surface area (TPSA) is 65.5 Å². The third kappa shape index (κ3) is 7.02. The van der Waals surface area contributed by atoms with Crippen molar-refractivity contribution in [2.24, 2.45) is 0 Å². The first-order chi connectivity index (χ1) is 13.5. The van der Waals surface area contributed by atoms with E-state index in [0.29, 0.717) is 5.56 Å². The Hall–Kier alpha value is -2.60. The summed E-state index contributed by atoms with van der Waals surface area (Å²) in [6.07, 6.45) is 5.16.